The first-order chi connectivity index (χ1) is 9.28. The maximum absolute atomic E-state index is 11.4. The van der Waals surface area contributed by atoms with E-state index in [2.05, 4.69) is 19.7 Å². The largest absolute Gasteiger partial charge is 0.465 e. The SMILES string of the molecule is COC(=O)c1cnc2nc(-c3cccnc3)sc2c1. The molecule has 0 aromatic carbocycles. The number of fused-ring (bicyclic) bond motifs is 1. The molecule has 3 rings (SSSR count). The Balaban J connectivity index is 2.09. The number of pyridine rings is 2. The first-order valence-electron chi connectivity index (χ1n) is 5.53. The van der Waals surface area contributed by atoms with Crippen LogP contribution >= 0.6 is 11.3 Å². The molecule has 0 bridgehead atoms. The number of aromatic nitrogens is 3. The molecule has 0 aliphatic rings. The quantitative estimate of drug-likeness (QED) is 0.670. The number of methoxy groups -OCH3 is 1. The van der Waals surface area contributed by atoms with Gasteiger partial charge in [-0.3, -0.25) is 4.98 Å². The normalized spacial score (nSPS) is 10.6. The third kappa shape index (κ3) is 2.17. The van der Waals surface area contributed by atoms with Crippen molar-refractivity contribution in [3.8, 4) is 10.6 Å². The lowest BCUT2D eigenvalue weighted by Gasteiger charge is -1.96. The van der Waals surface area contributed by atoms with Gasteiger partial charge in [0.05, 0.1) is 17.4 Å². The number of nitrogens with zero attached hydrogens (tertiary/aromatic N) is 3. The number of carbonyl (C=O) groups excluding carboxylic acids is 1. The maximum atomic E-state index is 11.4. The van der Waals surface area contributed by atoms with Gasteiger partial charge < -0.3 is 4.74 Å². The predicted octanol–water partition coefficient (Wildman–Crippen LogP) is 2.54. The number of hydrogen-bond donors (Lipinski definition) is 0. The Labute approximate surface area is 112 Å². The summed E-state index contributed by atoms with van der Waals surface area (Å²) in [5.74, 6) is -0.397. The molecule has 0 radical (unpaired) electrons. The average Bonchev–Trinajstić information content (AvgIpc) is 2.90. The van der Waals surface area contributed by atoms with Gasteiger partial charge in [0, 0.05) is 24.2 Å². The van der Waals surface area contributed by atoms with E-state index in [0.717, 1.165) is 15.3 Å². The van der Waals surface area contributed by atoms with Gasteiger partial charge >= 0.3 is 5.97 Å². The van der Waals surface area contributed by atoms with E-state index in [4.69, 9.17) is 0 Å². The Bertz CT molecular complexity index is 740. The molecule has 6 heteroatoms. The highest BCUT2D eigenvalue weighted by Gasteiger charge is 2.11. The van der Waals surface area contributed by atoms with Gasteiger partial charge in [0.2, 0.25) is 0 Å². The summed E-state index contributed by atoms with van der Waals surface area (Å²) in [7, 11) is 1.35. The Morgan fingerprint density at radius 2 is 2.26 bits per heavy atom. The summed E-state index contributed by atoms with van der Waals surface area (Å²) in [5, 5.41) is 0.831. The van der Waals surface area contributed by atoms with Crippen LogP contribution in [-0.4, -0.2) is 28.0 Å². The third-order valence-corrected chi connectivity index (χ3v) is 3.62. The van der Waals surface area contributed by atoms with E-state index in [0.29, 0.717) is 11.2 Å². The van der Waals surface area contributed by atoms with Crippen molar-refractivity contribution >= 4 is 27.7 Å². The lowest BCUT2D eigenvalue weighted by molar-refractivity contribution is 0.0600. The predicted molar refractivity (Wildman–Crippen MR) is 72.0 cm³/mol. The number of hydrogen-bond acceptors (Lipinski definition) is 6. The molecule has 0 aliphatic heterocycles. The van der Waals surface area contributed by atoms with Crippen LogP contribution in [-0.2, 0) is 4.74 Å². The lowest BCUT2D eigenvalue weighted by Crippen LogP contribution is -2.01. The molecule has 5 nitrogen and oxygen atoms in total. The zero-order valence-electron chi connectivity index (χ0n) is 10.0. The van der Waals surface area contributed by atoms with Gasteiger partial charge in [-0.15, -0.1) is 11.3 Å². The van der Waals surface area contributed by atoms with Crippen LogP contribution in [0.5, 0.6) is 0 Å². The second-order valence-electron chi connectivity index (χ2n) is 3.80. The summed E-state index contributed by atoms with van der Waals surface area (Å²) in [4.78, 5) is 24.1. The van der Waals surface area contributed by atoms with Crippen LogP contribution in [0.15, 0.2) is 36.8 Å². The number of rotatable bonds is 2. The first-order valence-corrected chi connectivity index (χ1v) is 6.35. The van der Waals surface area contributed by atoms with E-state index in [1.54, 1.807) is 18.5 Å². The Kier molecular flexibility index (Phi) is 2.92. The summed E-state index contributed by atoms with van der Waals surface area (Å²) >= 11 is 1.47. The number of esters is 1. The van der Waals surface area contributed by atoms with Crippen LogP contribution in [0.4, 0.5) is 0 Å². The molecule has 0 N–H and O–H groups in total. The van der Waals surface area contributed by atoms with E-state index in [-0.39, 0.29) is 0 Å². The van der Waals surface area contributed by atoms with Crippen LogP contribution in [0.1, 0.15) is 10.4 Å². The molecule has 0 amide bonds. The van der Waals surface area contributed by atoms with E-state index in [1.165, 1.54) is 24.6 Å². The fourth-order valence-corrected chi connectivity index (χ4v) is 2.62. The minimum absolute atomic E-state index is 0.397. The molecule has 3 aromatic rings. The second kappa shape index (κ2) is 4.74. The van der Waals surface area contributed by atoms with Crippen molar-refractivity contribution in [2.75, 3.05) is 7.11 Å². The van der Waals surface area contributed by atoms with Crippen molar-refractivity contribution < 1.29 is 9.53 Å². The lowest BCUT2D eigenvalue weighted by atomic mass is 10.3. The zero-order chi connectivity index (χ0) is 13.2. The molecule has 0 fully saturated rings. The molecule has 0 unspecified atom stereocenters. The highest BCUT2D eigenvalue weighted by Crippen LogP contribution is 2.29. The number of ether oxygens (including phenoxy) is 1. The van der Waals surface area contributed by atoms with Gasteiger partial charge in [0.25, 0.3) is 0 Å². The molecule has 0 saturated heterocycles. The van der Waals surface area contributed by atoms with E-state index in [1.807, 2.05) is 12.1 Å². The summed E-state index contributed by atoms with van der Waals surface area (Å²) in [6, 6.07) is 5.53. The van der Waals surface area contributed by atoms with Gasteiger partial charge in [-0.1, -0.05) is 0 Å². The topological polar surface area (TPSA) is 65.0 Å². The minimum atomic E-state index is -0.397. The van der Waals surface area contributed by atoms with Crippen molar-refractivity contribution in [2.45, 2.75) is 0 Å². The molecule has 19 heavy (non-hydrogen) atoms. The standard InChI is InChI=1S/C13H9N3O2S/c1-18-13(17)9-5-10-11(15-7-9)16-12(19-10)8-3-2-4-14-6-8/h2-7H,1H3. The second-order valence-corrected chi connectivity index (χ2v) is 4.83. The number of thiazole rings is 1. The van der Waals surface area contributed by atoms with E-state index in [9.17, 15) is 4.79 Å². The van der Waals surface area contributed by atoms with Crippen molar-refractivity contribution in [2.24, 2.45) is 0 Å². The Morgan fingerprint density at radius 3 is 3.00 bits per heavy atom. The molecule has 0 spiro atoms. The van der Waals surface area contributed by atoms with Crippen molar-refractivity contribution in [3.05, 3.63) is 42.4 Å². The molecular formula is C13H9N3O2S. The highest BCUT2D eigenvalue weighted by atomic mass is 32.1. The Hall–Kier alpha value is -2.34. The van der Waals surface area contributed by atoms with Crippen LogP contribution in [0.2, 0.25) is 0 Å². The van der Waals surface area contributed by atoms with E-state index >= 15 is 0 Å². The van der Waals surface area contributed by atoms with Crippen LogP contribution in [0.25, 0.3) is 20.9 Å². The number of carbonyl (C=O) groups is 1. The summed E-state index contributed by atoms with van der Waals surface area (Å²) in [6.07, 6.45) is 4.93. The monoisotopic (exact) mass is 271 g/mol. The summed E-state index contributed by atoms with van der Waals surface area (Å²) < 4.78 is 5.52. The van der Waals surface area contributed by atoms with Crippen molar-refractivity contribution in [1.29, 1.82) is 0 Å². The highest BCUT2D eigenvalue weighted by molar-refractivity contribution is 7.21. The molecular weight excluding hydrogens is 262 g/mol. The van der Waals surface area contributed by atoms with Gasteiger partial charge in [0.1, 0.15) is 5.01 Å². The smallest absolute Gasteiger partial charge is 0.339 e. The summed E-state index contributed by atoms with van der Waals surface area (Å²) in [6.45, 7) is 0. The van der Waals surface area contributed by atoms with E-state index < -0.39 is 5.97 Å². The maximum Gasteiger partial charge on any atom is 0.339 e. The zero-order valence-corrected chi connectivity index (χ0v) is 10.8. The van der Waals surface area contributed by atoms with Crippen molar-refractivity contribution in [1.82, 2.24) is 15.0 Å². The molecule has 3 aromatic heterocycles. The van der Waals surface area contributed by atoms with Gasteiger partial charge in [-0.05, 0) is 18.2 Å². The molecule has 0 atom stereocenters. The summed E-state index contributed by atoms with van der Waals surface area (Å²) in [5.41, 5.74) is 1.98. The first kappa shape index (κ1) is 11.7. The van der Waals surface area contributed by atoms with Gasteiger partial charge in [0.15, 0.2) is 5.65 Å². The fraction of sp³-hybridized carbons (Fsp3) is 0.0769. The molecule has 0 saturated carbocycles. The van der Waals surface area contributed by atoms with Crippen molar-refractivity contribution in [3.63, 3.8) is 0 Å². The molecule has 94 valence electrons. The average molecular weight is 271 g/mol. The van der Waals surface area contributed by atoms with Crippen LogP contribution < -0.4 is 0 Å². The van der Waals surface area contributed by atoms with Gasteiger partial charge in [-0.25, -0.2) is 14.8 Å². The van der Waals surface area contributed by atoms with Gasteiger partial charge in [-0.2, -0.15) is 0 Å². The molecule has 3 heterocycles. The molecule has 0 aliphatic carbocycles. The van der Waals surface area contributed by atoms with Crippen LogP contribution in [0, 0.1) is 0 Å². The van der Waals surface area contributed by atoms with Crippen LogP contribution in [0.3, 0.4) is 0 Å². The minimum Gasteiger partial charge on any atom is -0.465 e. The Morgan fingerprint density at radius 1 is 1.37 bits per heavy atom. The third-order valence-electron chi connectivity index (χ3n) is 2.58. The fourth-order valence-electron chi connectivity index (χ4n) is 1.66.